The molecule has 0 aliphatic heterocycles. The molecule has 0 spiro atoms. The van der Waals surface area contributed by atoms with E-state index in [1.54, 1.807) is 12.1 Å². The zero-order valence-electron chi connectivity index (χ0n) is 8.90. The lowest BCUT2D eigenvalue weighted by molar-refractivity contribution is -0.198. The molecule has 0 saturated carbocycles. The Labute approximate surface area is 93.1 Å². The summed E-state index contributed by atoms with van der Waals surface area (Å²) in [6.07, 6.45) is 0. The van der Waals surface area contributed by atoms with Crippen LogP contribution in [0, 0.1) is 18.3 Å². The molecule has 0 radical (unpaired) electrons. The van der Waals surface area contributed by atoms with Gasteiger partial charge in [0.05, 0.1) is 0 Å². The zero-order chi connectivity index (χ0) is 11.5. The van der Waals surface area contributed by atoms with Crippen molar-refractivity contribution in [2.24, 2.45) is 0 Å². The van der Waals surface area contributed by atoms with Crippen molar-refractivity contribution in [2.75, 3.05) is 0 Å². The van der Waals surface area contributed by atoms with Crippen LogP contribution in [0.5, 0.6) is 0 Å². The summed E-state index contributed by atoms with van der Waals surface area (Å²) in [5.74, 6) is 0.663. The van der Waals surface area contributed by atoms with Gasteiger partial charge in [-0.15, -0.1) is 0 Å². The molecule has 0 unspecified atom stereocenters. The van der Waals surface area contributed by atoms with E-state index in [4.69, 9.17) is 15.1 Å². The van der Waals surface area contributed by atoms with Crippen LogP contribution in [0.2, 0.25) is 0 Å². The van der Waals surface area contributed by atoms with Gasteiger partial charge in [-0.2, -0.15) is 5.26 Å². The molecule has 0 fully saturated rings. The molecule has 0 aliphatic carbocycles. The number of benzene rings is 1. The fraction of sp³-hybridized carbons (Fsp3) is 0.0769. The minimum atomic E-state index is 0.153. The molecule has 1 aromatic heterocycles. The molecule has 2 rings (SSSR count). The number of aryl methyl sites for hydroxylation is 1. The highest BCUT2D eigenvalue weighted by atomic mass is 16.3. The Morgan fingerprint density at radius 2 is 1.81 bits per heavy atom. The number of hydrogen-bond acceptors (Lipinski definition) is 2. The van der Waals surface area contributed by atoms with Crippen molar-refractivity contribution in [3.63, 3.8) is 0 Å². The summed E-state index contributed by atoms with van der Waals surface area (Å²) in [5.41, 5.74) is 2.64. The van der Waals surface area contributed by atoms with Crippen molar-refractivity contribution >= 4 is 0 Å². The van der Waals surface area contributed by atoms with Crippen LogP contribution in [0.1, 0.15) is 11.1 Å². The second kappa shape index (κ2) is 4.03. The van der Waals surface area contributed by atoms with Gasteiger partial charge in [0.2, 0.25) is 0 Å². The van der Waals surface area contributed by atoms with Crippen molar-refractivity contribution in [1.82, 2.24) is 0 Å². The molecule has 3 nitrogen and oxygen atoms in total. The zero-order valence-corrected chi connectivity index (χ0v) is 8.90. The molecular formula is C13H11N2O+. The topological polar surface area (TPSA) is 62.5 Å². The van der Waals surface area contributed by atoms with Crippen LogP contribution in [0.25, 0.3) is 11.3 Å². The number of hydrogen-bond donors (Lipinski definition) is 1. The standard InChI is InChI=1S/C13H10N2O/c1-9-2-4-10(5-3-9)12-7-6-11(8-14)13(15)16-12/h2-7,15H,1H3/p+1. The summed E-state index contributed by atoms with van der Waals surface area (Å²) in [7, 11) is 0. The highest BCUT2D eigenvalue weighted by Crippen LogP contribution is 2.17. The van der Waals surface area contributed by atoms with Gasteiger partial charge in [-0.1, -0.05) is 29.8 Å². The number of nitriles is 1. The summed E-state index contributed by atoms with van der Waals surface area (Å²) in [4.78, 5) is 0. The summed E-state index contributed by atoms with van der Waals surface area (Å²) >= 11 is 0. The van der Waals surface area contributed by atoms with E-state index in [0.29, 0.717) is 11.3 Å². The SMILES string of the molecule is Cc1ccc(-c2ccc(C#N)c(=[NH2+])o2)cc1. The van der Waals surface area contributed by atoms with Crippen molar-refractivity contribution in [1.29, 1.82) is 5.26 Å². The van der Waals surface area contributed by atoms with Crippen molar-refractivity contribution in [3.05, 3.63) is 53.1 Å². The maximum atomic E-state index is 8.73. The molecule has 78 valence electrons. The summed E-state index contributed by atoms with van der Waals surface area (Å²) in [5, 5.41) is 14.3. The molecule has 0 saturated heterocycles. The predicted octanol–water partition coefficient (Wildman–Crippen LogP) is 0.787. The fourth-order valence-electron chi connectivity index (χ4n) is 1.41. The number of nitrogens with zero attached hydrogens (tertiary/aromatic N) is 1. The number of rotatable bonds is 1. The summed E-state index contributed by atoms with van der Waals surface area (Å²) < 4.78 is 5.38. The van der Waals surface area contributed by atoms with E-state index < -0.39 is 0 Å². The highest BCUT2D eigenvalue weighted by molar-refractivity contribution is 5.57. The van der Waals surface area contributed by atoms with Crippen LogP contribution >= 0.6 is 0 Å². The van der Waals surface area contributed by atoms with Crippen LogP contribution < -0.4 is 11.0 Å². The highest BCUT2D eigenvalue weighted by Gasteiger charge is 2.05. The lowest BCUT2D eigenvalue weighted by atomic mass is 10.1. The first-order valence-corrected chi connectivity index (χ1v) is 4.90. The Hall–Kier alpha value is -2.34. The third kappa shape index (κ3) is 1.86. The largest absolute Gasteiger partial charge is 0.404 e. The van der Waals surface area contributed by atoms with Gasteiger partial charge >= 0.3 is 5.55 Å². The lowest BCUT2D eigenvalue weighted by Gasteiger charge is -1.99. The van der Waals surface area contributed by atoms with Crippen LogP contribution in [0.3, 0.4) is 0 Å². The van der Waals surface area contributed by atoms with Gasteiger partial charge in [0.25, 0.3) is 0 Å². The Balaban J connectivity index is 2.50. The van der Waals surface area contributed by atoms with Crippen molar-refractivity contribution < 1.29 is 9.83 Å². The molecular weight excluding hydrogens is 200 g/mol. The maximum absolute atomic E-state index is 8.73. The molecule has 0 bridgehead atoms. The average molecular weight is 211 g/mol. The predicted molar refractivity (Wildman–Crippen MR) is 58.7 cm³/mol. The maximum Gasteiger partial charge on any atom is 0.382 e. The van der Waals surface area contributed by atoms with Gasteiger partial charge in [-0.3, -0.25) is 0 Å². The average Bonchev–Trinajstić information content (AvgIpc) is 2.30. The minimum Gasteiger partial charge on any atom is -0.404 e. The second-order valence-electron chi connectivity index (χ2n) is 3.56. The van der Waals surface area contributed by atoms with Gasteiger partial charge < -0.3 is 4.42 Å². The summed E-state index contributed by atoms with van der Waals surface area (Å²) in [6, 6.07) is 13.3. The van der Waals surface area contributed by atoms with E-state index >= 15 is 0 Å². The molecule has 3 heteroatoms. The van der Waals surface area contributed by atoms with Gasteiger partial charge in [0.15, 0.2) is 5.56 Å². The molecule has 1 heterocycles. The minimum absolute atomic E-state index is 0.153. The van der Waals surface area contributed by atoms with E-state index in [0.717, 1.165) is 5.56 Å². The van der Waals surface area contributed by atoms with E-state index in [1.165, 1.54) is 5.56 Å². The van der Waals surface area contributed by atoms with Crippen LogP contribution in [-0.2, 0) is 0 Å². The Bertz CT molecular complexity index is 603. The Morgan fingerprint density at radius 1 is 1.12 bits per heavy atom. The Morgan fingerprint density at radius 3 is 2.38 bits per heavy atom. The molecule has 0 amide bonds. The van der Waals surface area contributed by atoms with Gasteiger partial charge in [0.1, 0.15) is 11.8 Å². The Kier molecular flexibility index (Phi) is 2.57. The normalized spacial score (nSPS) is 9.75. The third-order valence-corrected chi connectivity index (χ3v) is 2.34. The summed E-state index contributed by atoms with van der Waals surface area (Å²) in [6.45, 7) is 2.02. The first-order chi connectivity index (χ1) is 7.70. The van der Waals surface area contributed by atoms with Crippen molar-refractivity contribution in [3.8, 4) is 17.4 Å². The van der Waals surface area contributed by atoms with Crippen molar-refractivity contribution in [2.45, 2.75) is 6.92 Å². The van der Waals surface area contributed by atoms with Gasteiger partial charge in [0, 0.05) is 5.56 Å². The second-order valence-corrected chi connectivity index (χ2v) is 3.56. The fourth-order valence-corrected chi connectivity index (χ4v) is 1.41. The molecule has 0 atom stereocenters. The quantitative estimate of drug-likeness (QED) is 0.757. The van der Waals surface area contributed by atoms with Gasteiger partial charge in [-0.05, 0) is 19.1 Å². The van der Waals surface area contributed by atoms with E-state index in [-0.39, 0.29) is 5.55 Å². The molecule has 16 heavy (non-hydrogen) atoms. The monoisotopic (exact) mass is 211 g/mol. The smallest absolute Gasteiger partial charge is 0.382 e. The van der Waals surface area contributed by atoms with Gasteiger partial charge in [-0.25, -0.2) is 5.41 Å². The molecule has 0 aliphatic rings. The van der Waals surface area contributed by atoms with E-state index in [9.17, 15) is 0 Å². The van der Waals surface area contributed by atoms with E-state index in [1.807, 2.05) is 37.3 Å². The van der Waals surface area contributed by atoms with E-state index in [2.05, 4.69) is 0 Å². The third-order valence-electron chi connectivity index (χ3n) is 2.34. The lowest BCUT2D eigenvalue weighted by Crippen LogP contribution is -2.46. The first-order valence-electron chi connectivity index (χ1n) is 4.90. The van der Waals surface area contributed by atoms with Crippen LogP contribution in [0.4, 0.5) is 0 Å². The molecule has 2 aromatic rings. The van der Waals surface area contributed by atoms with Crippen LogP contribution in [0.15, 0.2) is 40.8 Å². The first kappa shape index (κ1) is 10.2. The number of nitrogens with two attached hydrogens (primary N) is 1. The molecule has 2 N–H and O–H groups in total. The molecule has 1 aromatic carbocycles. The van der Waals surface area contributed by atoms with Crippen LogP contribution in [-0.4, -0.2) is 0 Å².